The largest absolute Gasteiger partial charge is 0.508 e. The highest BCUT2D eigenvalue weighted by atomic mass is 35.5. The van der Waals surface area contributed by atoms with Crippen LogP contribution < -0.4 is 5.32 Å². The minimum absolute atomic E-state index is 0.103. The van der Waals surface area contributed by atoms with Gasteiger partial charge in [-0.2, -0.15) is 0 Å². The van der Waals surface area contributed by atoms with Gasteiger partial charge in [-0.15, -0.1) is 0 Å². The summed E-state index contributed by atoms with van der Waals surface area (Å²) in [5.41, 5.74) is 2.83. The molecular formula is C28H32ClFN2O3. The van der Waals surface area contributed by atoms with Crippen LogP contribution in [-0.2, 0) is 16.0 Å². The Bertz CT molecular complexity index is 1050. The number of nitrogens with zero attached hydrogens (tertiary/aromatic N) is 1. The second kappa shape index (κ2) is 12.9. The summed E-state index contributed by atoms with van der Waals surface area (Å²) in [6.07, 6.45) is 3.01. The predicted octanol–water partition coefficient (Wildman–Crippen LogP) is 6.38. The SMILES string of the molecule is Oc1ccc(NC(CN(CCOC2CCCCO2)Cc2ccccc2)c2ccc(F)cc2)c(Cl)c1. The van der Waals surface area contributed by atoms with E-state index in [1.165, 1.54) is 23.8 Å². The highest BCUT2D eigenvalue weighted by Gasteiger charge is 2.20. The number of nitrogens with one attached hydrogen (secondary N) is 1. The number of aromatic hydroxyl groups is 1. The minimum Gasteiger partial charge on any atom is -0.508 e. The van der Waals surface area contributed by atoms with Gasteiger partial charge in [0, 0.05) is 32.3 Å². The first-order valence-electron chi connectivity index (χ1n) is 12.1. The van der Waals surface area contributed by atoms with Gasteiger partial charge in [-0.3, -0.25) is 4.90 Å². The average molecular weight is 499 g/mol. The molecule has 1 saturated heterocycles. The molecule has 0 saturated carbocycles. The molecule has 1 aliphatic heterocycles. The number of phenolic OH excluding ortho intramolecular Hbond substituents is 1. The molecule has 2 unspecified atom stereocenters. The van der Waals surface area contributed by atoms with E-state index in [0.29, 0.717) is 30.4 Å². The standard InChI is InChI=1S/C28H32ClFN2O3/c29-25-18-24(33)13-14-26(25)31-27(22-9-11-23(30)12-10-22)20-32(19-21-6-2-1-3-7-21)15-17-35-28-8-4-5-16-34-28/h1-3,6-7,9-14,18,27-28,31,33H,4-5,8,15-17,19-20H2. The zero-order chi connectivity index (χ0) is 24.5. The summed E-state index contributed by atoms with van der Waals surface area (Å²) in [6, 6.07) is 21.5. The van der Waals surface area contributed by atoms with Crippen molar-refractivity contribution < 1.29 is 19.0 Å². The van der Waals surface area contributed by atoms with Gasteiger partial charge >= 0.3 is 0 Å². The molecule has 5 nitrogen and oxygen atoms in total. The van der Waals surface area contributed by atoms with Crippen molar-refractivity contribution in [1.82, 2.24) is 4.90 Å². The molecule has 0 bridgehead atoms. The fourth-order valence-electron chi connectivity index (χ4n) is 4.23. The summed E-state index contributed by atoms with van der Waals surface area (Å²) in [5, 5.41) is 13.7. The Balaban J connectivity index is 1.51. The number of rotatable bonds is 11. The quantitative estimate of drug-likeness (QED) is 0.300. The number of halogens is 2. The molecule has 0 radical (unpaired) electrons. The molecule has 4 rings (SSSR count). The van der Waals surface area contributed by atoms with Gasteiger partial charge < -0.3 is 19.9 Å². The van der Waals surface area contributed by atoms with Crippen molar-refractivity contribution in [2.75, 3.05) is 31.6 Å². The van der Waals surface area contributed by atoms with E-state index in [-0.39, 0.29) is 23.9 Å². The Labute approximate surface area is 211 Å². The van der Waals surface area contributed by atoms with E-state index < -0.39 is 0 Å². The molecular weight excluding hydrogens is 467 g/mol. The van der Waals surface area contributed by atoms with E-state index in [9.17, 15) is 9.50 Å². The van der Waals surface area contributed by atoms with E-state index in [2.05, 4.69) is 22.3 Å². The number of hydrogen-bond donors (Lipinski definition) is 2. The Kier molecular flexibility index (Phi) is 9.37. The van der Waals surface area contributed by atoms with Crippen molar-refractivity contribution in [2.45, 2.75) is 38.1 Å². The Morgan fingerprint density at radius 1 is 1.09 bits per heavy atom. The molecule has 1 heterocycles. The topological polar surface area (TPSA) is 54.0 Å². The van der Waals surface area contributed by atoms with E-state index in [1.54, 1.807) is 24.3 Å². The third-order valence-electron chi connectivity index (χ3n) is 6.09. The Morgan fingerprint density at radius 3 is 2.60 bits per heavy atom. The lowest BCUT2D eigenvalue weighted by Gasteiger charge is -2.30. The van der Waals surface area contributed by atoms with Crippen LogP contribution in [0.1, 0.15) is 36.4 Å². The summed E-state index contributed by atoms with van der Waals surface area (Å²) in [5.74, 6) is -0.177. The van der Waals surface area contributed by atoms with Gasteiger partial charge in [-0.25, -0.2) is 4.39 Å². The highest BCUT2D eigenvalue weighted by Crippen LogP contribution is 2.30. The summed E-state index contributed by atoms with van der Waals surface area (Å²) in [7, 11) is 0. The summed E-state index contributed by atoms with van der Waals surface area (Å²) in [6.45, 7) is 3.37. The van der Waals surface area contributed by atoms with Gasteiger partial charge in [0.05, 0.1) is 23.4 Å². The number of hydrogen-bond acceptors (Lipinski definition) is 5. The normalized spacial score (nSPS) is 16.8. The van der Waals surface area contributed by atoms with Crippen LogP contribution in [0.15, 0.2) is 72.8 Å². The smallest absolute Gasteiger partial charge is 0.157 e. The van der Waals surface area contributed by atoms with Crippen molar-refractivity contribution in [3.05, 3.63) is 94.8 Å². The summed E-state index contributed by atoms with van der Waals surface area (Å²) in [4.78, 5) is 2.31. The van der Waals surface area contributed by atoms with Crippen molar-refractivity contribution >= 4 is 17.3 Å². The second-order valence-electron chi connectivity index (χ2n) is 8.80. The molecule has 0 amide bonds. The van der Waals surface area contributed by atoms with Crippen LogP contribution in [0.3, 0.4) is 0 Å². The van der Waals surface area contributed by atoms with Crippen molar-refractivity contribution in [1.29, 1.82) is 0 Å². The average Bonchev–Trinajstić information content (AvgIpc) is 2.87. The lowest BCUT2D eigenvalue weighted by Crippen LogP contribution is -2.35. The fraction of sp³-hybridized carbons (Fsp3) is 0.357. The van der Waals surface area contributed by atoms with Gasteiger partial charge in [0.15, 0.2) is 6.29 Å². The maximum absolute atomic E-state index is 13.7. The first-order valence-corrected chi connectivity index (χ1v) is 12.4. The molecule has 186 valence electrons. The lowest BCUT2D eigenvalue weighted by atomic mass is 10.0. The minimum atomic E-state index is -0.280. The monoisotopic (exact) mass is 498 g/mol. The maximum atomic E-state index is 13.7. The molecule has 0 aromatic heterocycles. The maximum Gasteiger partial charge on any atom is 0.157 e. The van der Waals surface area contributed by atoms with Crippen molar-refractivity contribution in [3.63, 3.8) is 0 Å². The zero-order valence-electron chi connectivity index (χ0n) is 19.7. The van der Waals surface area contributed by atoms with Crippen LogP contribution >= 0.6 is 11.6 Å². The van der Waals surface area contributed by atoms with Gasteiger partial charge in [0.2, 0.25) is 0 Å². The molecule has 3 aromatic carbocycles. The summed E-state index contributed by atoms with van der Waals surface area (Å²) >= 11 is 6.39. The Hall–Kier alpha value is -2.64. The molecule has 0 spiro atoms. The third kappa shape index (κ3) is 7.94. The van der Waals surface area contributed by atoms with Crippen molar-refractivity contribution in [3.8, 4) is 5.75 Å². The van der Waals surface area contributed by atoms with E-state index in [1.807, 2.05) is 18.2 Å². The fourth-order valence-corrected chi connectivity index (χ4v) is 4.46. The van der Waals surface area contributed by atoms with Crippen LogP contribution in [0.5, 0.6) is 5.75 Å². The van der Waals surface area contributed by atoms with E-state index in [4.69, 9.17) is 21.1 Å². The highest BCUT2D eigenvalue weighted by molar-refractivity contribution is 6.33. The van der Waals surface area contributed by atoms with Gasteiger partial charge in [0.25, 0.3) is 0 Å². The van der Waals surface area contributed by atoms with Gasteiger partial charge in [-0.05, 0) is 54.7 Å². The molecule has 2 atom stereocenters. The van der Waals surface area contributed by atoms with Crippen LogP contribution in [0, 0.1) is 5.82 Å². The van der Waals surface area contributed by atoms with Gasteiger partial charge in [0.1, 0.15) is 11.6 Å². The predicted molar refractivity (Wildman–Crippen MR) is 137 cm³/mol. The summed E-state index contributed by atoms with van der Waals surface area (Å²) < 4.78 is 25.4. The van der Waals surface area contributed by atoms with Crippen LogP contribution in [0.25, 0.3) is 0 Å². The van der Waals surface area contributed by atoms with Crippen LogP contribution in [0.2, 0.25) is 5.02 Å². The zero-order valence-corrected chi connectivity index (χ0v) is 20.5. The second-order valence-corrected chi connectivity index (χ2v) is 9.21. The van der Waals surface area contributed by atoms with Crippen molar-refractivity contribution in [2.24, 2.45) is 0 Å². The number of anilines is 1. The van der Waals surface area contributed by atoms with E-state index in [0.717, 1.165) is 38.0 Å². The third-order valence-corrected chi connectivity index (χ3v) is 6.41. The first kappa shape index (κ1) is 25.5. The molecule has 3 aromatic rings. The molecule has 0 aliphatic carbocycles. The van der Waals surface area contributed by atoms with E-state index >= 15 is 0 Å². The molecule has 35 heavy (non-hydrogen) atoms. The molecule has 1 fully saturated rings. The number of phenols is 1. The lowest BCUT2D eigenvalue weighted by molar-refractivity contribution is -0.164. The van der Waals surface area contributed by atoms with Crippen LogP contribution in [0.4, 0.5) is 10.1 Å². The molecule has 7 heteroatoms. The van der Waals surface area contributed by atoms with Gasteiger partial charge in [-0.1, -0.05) is 54.1 Å². The number of ether oxygens (including phenoxy) is 2. The first-order chi connectivity index (χ1) is 17.1. The Morgan fingerprint density at radius 2 is 1.89 bits per heavy atom. The molecule has 2 N–H and O–H groups in total. The molecule has 1 aliphatic rings. The van der Waals surface area contributed by atoms with Crippen LogP contribution in [-0.4, -0.2) is 42.6 Å². The number of benzene rings is 3.